The number of carbonyl (C=O) groups is 1. The minimum absolute atomic E-state index is 0.0886. The van der Waals surface area contributed by atoms with Gasteiger partial charge in [-0.05, 0) is 41.3 Å². The highest BCUT2D eigenvalue weighted by molar-refractivity contribution is 7.09. The van der Waals surface area contributed by atoms with Crippen molar-refractivity contribution in [3.05, 3.63) is 76.4 Å². The number of rotatable bonds is 10. The molecule has 1 N–H and O–H groups in total. The molecule has 0 spiro atoms. The van der Waals surface area contributed by atoms with Gasteiger partial charge in [0.2, 0.25) is 5.91 Å². The smallest absolute Gasteiger partial charge is 0.387 e. The van der Waals surface area contributed by atoms with Crippen LogP contribution >= 0.6 is 11.3 Å². The summed E-state index contributed by atoms with van der Waals surface area (Å²) >= 11 is 1.64. The molecule has 3 rings (SSSR count). The maximum atomic E-state index is 12.4. The molecule has 0 saturated carbocycles. The van der Waals surface area contributed by atoms with Crippen LogP contribution in [0.3, 0.4) is 0 Å². The first-order chi connectivity index (χ1) is 13.6. The van der Waals surface area contributed by atoms with Crippen molar-refractivity contribution in [1.29, 1.82) is 0 Å². The summed E-state index contributed by atoms with van der Waals surface area (Å²) in [6, 6.07) is 13.9. The molecule has 148 valence electrons. The lowest BCUT2D eigenvalue weighted by atomic mass is 10.2. The number of amides is 1. The fourth-order valence-electron chi connectivity index (χ4n) is 2.66. The van der Waals surface area contributed by atoms with Crippen LogP contribution in [0, 0.1) is 0 Å². The molecule has 0 aliphatic rings. The van der Waals surface area contributed by atoms with Crippen LogP contribution in [0.4, 0.5) is 8.78 Å². The number of hydrogen-bond donors (Lipinski definition) is 1. The Balaban J connectivity index is 1.52. The highest BCUT2D eigenvalue weighted by Crippen LogP contribution is 2.16. The molecule has 8 heteroatoms. The van der Waals surface area contributed by atoms with Gasteiger partial charge >= 0.3 is 6.61 Å². The molecule has 1 amide bonds. The fourth-order valence-corrected chi connectivity index (χ4v) is 3.41. The Morgan fingerprint density at radius 3 is 2.61 bits per heavy atom. The van der Waals surface area contributed by atoms with Crippen molar-refractivity contribution in [3.8, 4) is 5.75 Å². The molecule has 0 radical (unpaired) electrons. The van der Waals surface area contributed by atoms with E-state index < -0.39 is 6.61 Å². The molecule has 2 heterocycles. The Labute approximate surface area is 165 Å². The van der Waals surface area contributed by atoms with E-state index in [-0.39, 0.29) is 18.2 Å². The molecular formula is C20H20F2N2O3S. The zero-order chi connectivity index (χ0) is 19.8. The lowest BCUT2D eigenvalue weighted by Gasteiger charge is -2.20. The lowest BCUT2D eigenvalue weighted by molar-refractivity contribution is -0.122. The van der Waals surface area contributed by atoms with E-state index >= 15 is 0 Å². The summed E-state index contributed by atoms with van der Waals surface area (Å²) in [5.41, 5.74) is 0.797. The van der Waals surface area contributed by atoms with Crippen LogP contribution in [0.2, 0.25) is 0 Å². The maximum absolute atomic E-state index is 12.4. The van der Waals surface area contributed by atoms with Crippen molar-refractivity contribution in [2.24, 2.45) is 0 Å². The molecule has 0 unspecified atom stereocenters. The molecule has 0 aliphatic heterocycles. The third-order valence-corrected chi connectivity index (χ3v) is 4.79. The molecule has 0 bridgehead atoms. The number of thiophene rings is 1. The van der Waals surface area contributed by atoms with E-state index in [0.29, 0.717) is 19.6 Å². The van der Waals surface area contributed by atoms with E-state index in [9.17, 15) is 13.6 Å². The van der Waals surface area contributed by atoms with Crippen LogP contribution in [0.5, 0.6) is 5.75 Å². The Morgan fingerprint density at radius 2 is 1.96 bits per heavy atom. The van der Waals surface area contributed by atoms with Crippen LogP contribution < -0.4 is 10.1 Å². The largest absolute Gasteiger partial charge is 0.468 e. The summed E-state index contributed by atoms with van der Waals surface area (Å²) in [7, 11) is 0. The molecular weight excluding hydrogens is 386 g/mol. The van der Waals surface area contributed by atoms with Gasteiger partial charge in [0.25, 0.3) is 0 Å². The topological polar surface area (TPSA) is 54.7 Å². The van der Waals surface area contributed by atoms with E-state index in [2.05, 4.69) is 10.1 Å². The number of benzene rings is 1. The van der Waals surface area contributed by atoms with Crippen molar-refractivity contribution in [2.75, 3.05) is 6.54 Å². The number of carbonyl (C=O) groups excluding carboxylic acids is 1. The summed E-state index contributed by atoms with van der Waals surface area (Å²) in [6.45, 7) is -1.16. The van der Waals surface area contributed by atoms with Gasteiger partial charge in [0.15, 0.2) is 0 Å². The van der Waals surface area contributed by atoms with Gasteiger partial charge in [-0.1, -0.05) is 18.2 Å². The zero-order valence-electron chi connectivity index (χ0n) is 15.0. The van der Waals surface area contributed by atoms with Crippen LogP contribution in [0.25, 0.3) is 0 Å². The van der Waals surface area contributed by atoms with Crippen LogP contribution in [0.1, 0.15) is 16.2 Å². The van der Waals surface area contributed by atoms with Crippen LogP contribution in [-0.2, 0) is 24.4 Å². The summed E-state index contributed by atoms with van der Waals surface area (Å²) in [5, 5.41) is 4.85. The minimum Gasteiger partial charge on any atom is -0.468 e. The van der Waals surface area contributed by atoms with Gasteiger partial charge in [0, 0.05) is 18.0 Å². The van der Waals surface area contributed by atoms with E-state index in [1.807, 2.05) is 34.5 Å². The molecule has 0 fully saturated rings. The zero-order valence-corrected chi connectivity index (χ0v) is 15.8. The predicted octanol–water partition coefficient (Wildman–Crippen LogP) is 4.26. The number of ether oxygens (including phenoxy) is 1. The molecule has 5 nitrogen and oxygen atoms in total. The molecule has 1 aromatic carbocycles. The molecule has 28 heavy (non-hydrogen) atoms. The Morgan fingerprint density at radius 1 is 1.14 bits per heavy atom. The van der Waals surface area contributed by atoms with E-state index in [4.69, 9.17) is 4.42 Å². The van der Waals surface area contributed by atoms with Gasteiger partial charge in [-0.15, -0.1) is 11.3 Å². The fraction of sp³-hybridized carbons (Fsp3) is 0.250. The van der Waals surface area contributed by atoms with Crippen molar-refractivity contribution in [2.45, 2.75) is 26.2 Å². The van der Waals surface area contributed by atoms with Crippen molar-refractivity contribution < 1.29 is 22.7 Å². The summed E-state index contributed by atoms with van der Waals surface area (Å²) in [5.74, 6) is 0.751. The molecule has 2 aromatic heterocycles. The van der Waals surface area contributed by atoms with Gasteiger partial charge < -0.3 is 14.5 Å². The van der Waals surface area contributed by atoms with E-state index in [1.165, 1.54) is 12.1 Å². The second-order valence-corrected chi connectivity index (χ2v) is 7.14. The average Bonchev–Trinajstić information content (AvgIpc) is 3.35. The standard InChI is InChI=1S/C20H20F2N2O3S/c21-20(22)27-16-7-5-15(6-8-16)11-23-19(25)14-24(12-17-3-1-9-26-17)13-18-4-2-10-28-18/h1-10,20H,11-14H2,(H,23,25). The third-order valence-electron chi connectivity index (χ3n) is 3.92. The first kappa shape index (κ1) is 20.0. The summed E-state index contributed by atoms with van der Waals surface area (Å²) in [6.07, 6.45) is 1.61. The Hall–Kier alpha value is -2.71. The third kappa shape index (κ3) is 6.47. The van der Waals surface area contributed by atoms with Gasteiger partial charge in [-0.3, -0.25) is 9.69 Å². The van der Waals surface area contributed by atoms with Gasteiger partial charge in [-0.2, -0.15) is 8.78 Å². The predicted molar refractivity (Wildman–Crippen MR) is 102 cm³/mol. The maximum Gasteiger partial charge on any atom is 0.387 e. The van der Waals surface area contributed by atoms with Crippen LogP contribution in [-0.4, -0.2) is 24.0 Å². The summed E-state index contributed by atoms with van der Waals surface area (Å²) < 4.78 is 34.1. The number of furan rings is 1. The van der Waals surface area contributed by atoms with Gasteiger partial charge in [-0.25, -0.2) is 0 Å². The number of hydrogen-bond acceptors (Lipinski definition) is 5. The second-order valence-electron chi connectivity index (χ2n) is 6.10. The summed E-state index contributed by atoms with van der Waals surface area (Å²) in [4.78, 5) is 15.6. The second kappa shape index (κ2) is 10.0. The van der Waals surface area contributed by atoms with E-state index in [0.717, 1.165) is 16.2 Å². The quantitative estimate of drug-likeness (QED) is 0.547. The SMILES string of the molecule is O=C(CN(Cc1ccco1)Cc1cccs1)NCc1ccc(OC(F)F)cc1. The van der Waals surface area contributed by atoms with Gasteiger partial charge in [0.1, 0.15) is 11.5 Å². The Kier molecular flexibility index (Phi) is 7.16. The van der Waals surface area contributed by atoms with Crippen molar-refractivity contribution in [1.82, 2.24) is 10.2 Å². The van der Waals surface area contributed by atoms with Crippen LogP contribution in [0.15, 0.2) is 64.6 Å². The number of nitrogens with zero attached hydrogens (tertiary/aromatic N) is 1. The minimum atomic E-state index is -2.85. The molecule has 0 aliphatic carbocycles. The van der Waals surface area contributed by atoms with Crippen molar-refractivity contribution in [3.63, 3.8) is 0 Å². The van der Waals surface area contributed by atoms with Gasteiger partial charge in [0.05, 0.1) is 19.4 Å². The number of halogens is 2. The number of nitrogens with one attached hydrogen (secondary N) is 1. The highest BCUT2D eigenvalue weighted by atomic mass is 32.1. The number of alkyl halides is 2. The van der Waals surface area contributed by atoms with Crippen molar-refractivity contribution >= 4 is 17.2 Å². The molecule has 3 aromatic rings. The molecule has 0 atom stereocenters. The average molecular weight is 406 g/mol. The highest BCUT2D eigenvalue weighted by Gasteiger charge is 2.14. The monoisotopic (exact) mass is 406 g/mol. The normalized spacial score (nSPS) is 11.1. The first-order valence-corrected chi connectivity index (χ1v) is 9.54. The first-order valence-electron chi connectivity index (χ1n) is 8.66. The van der Waals surface area contributed by atoms with E-state index in [1.54, 1.807) is 29.7 Å². The lowest BCUT2D eigenvalue weighted by Crippen LogP contribution is -2.36. The molecule has 0 saturated heterocycles. The Bertz CT molecular complexity index is 801.